The third-order valence-corrected chi connectivity index (χ3v) is 4.52. The summed E-state index contributed by atoms with van der Waals surface area (Å²) in [6.45, 7) is 0. The van der Waals surface area contributed by atoms with Gasteiger partial charge in [-0.05, 0) is 24.3 Å². The molecule has 2 aromatic carbocycles. The Labute approximate surface area is 163 Å². The van der Waals surface area contributed by atoms with E-state index in [0.717, 1.165) is 14.5 Å². The van der Waals surface area contributed by atoms with Crippen LogP contribution in [0.5, 0.6) is 11.5 Å². The van der Waals surface area contributed by atoms with E-state index in [4.69, 9.17) is 16.2 Å². The lowest BCUT2D eigenvalue weighted by molar-refractivity contribution is 0.417. The number of halogens is 2. The number of hydrogen-bond acceptors (Lipinski definition) is 6. The molecule has 2 rings (SSSR count). The topological polar surface area (TPSA) is 106 Å². The van der Waals surface area contributed by atoms with Crippen molar-refractivity contribution in [3.63, 3.8) is 0 Å². The molecule has 0 radical (unpaired) electrons. The Morgan fingerprint density at radius 3 is 1.88 bits per heavy atom. The van der Waals surface area contributed by atoms with E-state index in [1.807, 2.05) is 12.1 Å². The van der Waals surface area contributed by atoms with Crippen molar-refractivity contribution < 1.29 is 9.84 Å². The van der Waals surface area contributed by atoms with Crippen LogP contribution in [0.3, 0.4) is 0 Å². The zero-order valence-electron chi connectivity index (χ0n) is 14.1. The first kappa shape index (κ1) is 21.0. The van der Waals surface area contributed by atoms with E-state index in [2.05, 4.69) is 41.8 Å². The van der Waals surface area contributed by atoms with E-state index in [1.54, 1.807) is 39.7 Å². The number of anilines is 2. The quantitative estimate of drug-likeness (QED) is 0.358. The van der Waals surface area contributed by atoms with Gasteiger partial charge in [0.1, 0.15) is 11.5 Å². The second-order valence-electron chi connectivity index (χ2n) is 4.75. The number of phenols is 1. The fourth-order valence-corrected chi connectivity index (χ4v) is 2.78. The van der Waals surface area contributed by atoms with E-state index < -0.39 is 0 Å². The molecule has 0 saturated carbocycles. The zero-order valence-corrected chi connectivity index (χ0v) is 17.3. The molecule has 0 saturated heterocycles. The molecule has 6 nitrogen and oxygen atoms in total. The molecule has 0 amide bonds. The summed E-state index contributed by atoms with van der Waals surface area (Å²) in [7, 11) is 4.94. The number of benzene rings is 2. The molecule has 2 aromatic rings. The maximum Gasteiger partial charge on any atom is 0.142 e. The molecule has 0 aliphatic rings. The molecule has 0 heterocycles. The number of nitrogen functional groups attached to an aromatic ring is 2. The van der Waals surface area contributed by atoms with Crippen LogP contribution in [0, 0.1) is 0 Å². The number of hydrogen-bond donors (Lipinski definition) is 3. The standard InChI is InChI=1S/C9H11BrN2O.C8H9BrN2O/c1-12-5-6-7(10)3-4-8(13-2)9(6)11;1-11-4-5-6(9)2-3-7(12)8(5)10/h3-5H,11H2,1-2H3;2-4,12H,10H2,1H3. The third-order valence-electron chi connectivity index (χ3n) is 3.14. The number of nitrogens with zero attached hydrogens (tertiary/aromatic N) is 2. The van der Waals surface area contributed by atoms with E-state index in [1.165, 1.54) is 6.07 Å². The molecule has 5 N–H and O–H groups in total. The zero-order chi connectivity index (χ0) is 19.0. The smallest absolute Gasteiger partial charge is 0.142 e. The summed E-state index contributed by atoms with van der Waals surface area (Å²) in [5, 5.41) is 9.24. The number of phenolic OH excluding ortho intramolecular Hbond substituents is 1. The normalized spacial score (nSPS) is 10.8. The lowest BCUT2D eigenvalue weighted by atomic mass is 10.2. The lowest BCUT2D eigenvalue weighted by Gasteiger charge is -2.08. The molecule has 0 unspecified atom stereocenters. The van der Waals surface area contributed by atoms with Gasteiger partial charge in [0, 0.05) is 46.6 Å². The number of rotatable bonds is 3. The van der Waals surface area contributed by atoms with Gasteiger partial charge in [-0.25, -0.2) is 0 Å². The molecule has 134 valence electrons. The highest BCUT2D eigenvalue weighted by atomic mass is 79.9. The number of methoxy groups -OCH3 is 1. The van der Waals surface area contributed by atoms with Crippen LogP contribution in [-0.2, 0) is 0 Å². The summed E-state index contributed by atoms with van der Waals surface area (Å²) in [6, 6.07) is 6.95. The van der Waals surface area contributed by atoms with Gasteiger partial charge in [-0.2, -0.15) is 0 Å². The van der Waals surface area contributed by atoms with Gasteiger partial charge in [0.15, 0.2) is 0 Å². The van der Waals surface area contributed by atoms with Crippen LogP contribution in [0.1, 0.15) is 11.1 Å². The van der Waals surface area contributed by atoms with E-state index in [9.17, 15) is 5.11 Å². The van der Waals surface area contributed by atoms with Crippen molar-refractivity contribution in [2.75, 3.05) is 32.7 Å². The molecule has 25 heavy (non-hydrogen) atoms. The largest absolute Gasteiger partial charge is 0.506 e. The van der Waals surface area contributed by atoms with Crippen molar-refractivity contribution in [3.8, 4) is 11.5 Å². The van der Waals surface area contributed by atoms with Crippen LogP contribution in [0.4, 0.5) is 11.4 Å². The number of aliphatic imine (C=N–C) groups is 2. The molecule has 0 bridgehead atoms. The van der Waals surface area contributed by atoms with Crippen LogP contribution in [-0.4, -0.2) is 38.7 Å². The second-order valence-corrected chi connectivity index (χ2v) is 6.45. The minimum atomic E-state index is 0.0769. The molecular formula is C17H20Br2N4O2. The Bertz CT molecular complexity index is 793. The van der Waals surface area contributed by atoms with Crippen molar-refractivity contribution in [2.45, 2.75) is 0 Å². The maximum atomic E-state index is 9.24. The summed E-state index contributed by atoms with van der Waals surface area (Å²) in [4.78, 5) is 7.74. The van der Waals surface area contributed by atoms with Gasteiger partial charge in [-0.3, -0.25) is 9.98 Å². The highest BCUT2D eigenvalue weighted by molar-refractivity contribution is 9.10. The fraction of sp³-hybridized carbons (Fsp3) is 0.176. The lowest BCUT2D eigenvalue weighted by Crippen LogP contribution is -1.98. The van der Waals surface area contributed by atoms with Crippen LogP contribution in [0.15, 0.2) is 43.2 Å². The first-order chi connectivity index (χ1) is 11.9. The van der Waals surface area contributed by atoms with Crippen LogP contribution >= 0.6 is 31.9 Å². The molecule has 0 fully saturated rings. The average Bonchev–Trinajstić information content (AvgIpc) is 2.60. The fourth-order valence-electron chi connectivity index (χ4n) is 1.89. The summed E-state index contributed by atoms with van der Waals surface area (Å²) in [5.41, 5.74) is 13.9. The Hall–Kier alpha value is -2.06. The molecule has 8 heteroatoms. The summed E-state index contributed by atoms with van der Waals surface area (Å²) < 4.78 is 6.82. The highest BCUT2D eigenvalue weighted by Gasteiger charge is 2.07. The van der Waals surface area contributed by atoms with Crippen molar-refractivity contribution in [1.29, 1.82) is 0 Å². The molecule has 0 aromatic heterocycles. The van der Waals surface area contributed by atoms with E-state index >= 15 is 0 Å². The third kappa shape index (κ3) is 5.47. The van der Waals surface area contributed by atoms with Crippen molar-refractivity contribution >= 4 is 55.7 Å². The number of nitrogens with two attached hydrogens (primary N) is 2. The Kier molecular flexibility index (Phi) is 8.44. The minimum Gasteiger partial charge on any atom is -0.506 e. The average molecular weight is 472 g/mol. The molecule has 0 aliphatic heterocycles. The van der Waals surface area contributed by atoms with E-state index in [0.29, 0.717) is 22.7 Å². The molecule has 0 spiro atoms. The van der Waals surface area contributed by atoms with Crippen LogP contribution < -0.4 is 16.2 Å². The summed E-state index contributed by atoms with van der Waals surface area (Å²) in [5.74, 6) is 0.742. The summed E-state index contributed by atoms with van der Waals surface area (Å²) >= 11 is 6.68. The predicted molar refractivity (Wildman–Crippen MR) is 112 cm³/mol. The first-order valence-corrected chi connectivity index (χ1v) is 8.69. The van der Waals surface area contributed by atoms with Crippen molar-refractivity contribution in [1.82, 2.24) is 0 Å². The SMILES string of the molecule is CN=Cc1c(Br)ccc(O)c1N.CN=Cc1c(Br)ccc(OC)c1N. The minimum absolute atomic E-state index is 0.0769. The van der Waals surface area contributed by atoms with Gasteiger partial charge < -0.3 is 21.3 Å². The Morgan fingerprint density at radius 1 is 0.920 bits per heavy atom. The maximum absolute atomic E-state index is 9.24. The van der Waals surface area contributed by atoms with Gasteiger partial charge in [0.05, 0.1) is 18.5 Å². The predicted octanol–water partition coefficient (Wildman–Crippen LogP) is 3.87. The van der Waals surface area contributed by atoms with E-state index in [-0.39, 0.29) is 5.75 Å². The molecule has 0 atom stereocenters. The Balaban J connectivity index is 0.000000251. The van der Waals surface area contributed by atoms with Gasteiger partial charge in [0.2, 0.25) is 0 Å². The van der Waals surface area contributed by atoms with Gasteiger partial charge in [-0.15, -0.1) is 0 Å². The van der Waals surface area contributed by atoms with Crippen LogP contribution in [0.25, 0.3) is 0 Å². The van der Waals surface area contributed by atoms with Gasteiger partial charge in [-0.1, -0.05) is 31.9 Å². The van der Waals surface area contributed by atoms with Gasteiger partial charge >= 0.3 is 0 Å². The van der Waals surface area contributed by atoms with Gasteiger partial charge in [0.25, 0.3) is 0 Å². The second kappa shape index (κ2) is 10.0. The first-order valence-electron chi connectivity index (χ1n) is 7.10. The van der Waals surface area contributed by atoms with Crippen molar-refractivity contribution in [3.05, 3.63) is 44.3 Å². The Morgan fingerprint density at radius 2 is 1.40 bits per heavy atom. The molecule has 0 aliphatic carbocycles. The number of ether oxygens (including phenoxy) is 1. The highest BCUT2D eigenvalue weighted by Crippen LogP contribution is 2.30. The summed E-state index contributed by atoms with van der Waals surface area (Å²) in [6.07, 6.45) is 3.29. The molecular weight excluding hydrogens is 452 g/mol. The van der Waals surface area contributed by atoms with Crippen LogP contribution in [0.2, 0.25) is 0 Å². The van der Waals surface area contributed by atoms with Crippen molar-refractivity contribution in [2.24, 2.45) is 9.98 Å². The monoisotopic (exact) mass is 470 g/mol. The number of aromatic hydroxyl groups is 1.